The number of aromatic amines is 1. The molecule has 5 nitrogen and oxygen atoms in total. The van der Waals surface area contributed by atoms with Crippen molar-refractivity contribution < 1.29 is 14.4 Å². The van der Waals surface area contributed by atoms with E-state index in [9.17, 15) is 4.57 Å². The van der Waals surface area contributed by atoms with Crippen molar-refractivity contribution in [2.45, 2.75) is 13.3 Å². The molecule has 6 heteroatoms. The number of hydrogen-bond donors (Lipinski definition) is 3. The van der Waals surface area contributed by atoms with Gasteiger partial charge in [-0.15, -0.1) is 0 Å². The Bertz CT molecular complexity index is 558. The molecule has 0 saturated carbocycles. The predicted molar refractivity (Wildman–Crippen MR) is 61.4 cm³/mol. The van der Waals surface area contributed by atoms with Crippen LogP contribution in [0.4, 0.5) is 0 Å². The molecule has 1 aromatic carbocycles. The zero-order valence-electron chi connectivity index (χ0n) is 8.84. The molecule has 0 amide bonds. The Balaban J connectivity index is 2.23. The second-order valence-corrected chi connectivity index (χ2v) is 5.62. The number of H-pyrrole nitrogens is 1. The number of benzene rings is 1. The van der Waals surface area contributed by atoms with Crippen LogP contribution in [0.2, 0.25) is 0 Å². The first kappa shape index (κ1) is 11.3. The Kier molecular flexibility index (Phi) is 2.84. The van der Waals surface area contributed by atoms with Crippen molar-refractivity contribution in [3.63, 3.8) is 0 Å². The Labute approximate surface area is 92.7 Å². The average molecular weight is 240 g/mol. The van der Waals surface area contributed by atoms with Gasteiger partial charge < -0.3 is 14.8 Å². The SMILES string of the molecule is Cc1ccc2[nH]c(CCP(=O)(O)O)nc2c1. The van der Waals surface area contributed by atoms with Crippen LogP contribution in [0.15, 0.2) is 18.2 Å². The van der Waals surface area contributed by atoms with E-state index in [4.69, 9.17) is 9.79 Å². The summed E-state index contributed by atoms with van der Waals surface area (Å²) in [5.41, 5.74) is 2.84. The second-order valence-electron chi connectivity index (χ2n) is 3.84. The Morgan fingerprint density at radius 3 is 2.88 bits per heavy atom. The van der Waals surface area contributed by atoms with Gasteiger partial charge in [-0.2, -0.15) is 0 Å². The molecule has 0 aliphatic carbocycles. The van der Waals surface area contributed by atoms with Gasteiger partial charge in [-0.05, 0) is 24.6 Å². The third-order valence-corrected chi connectivity index (χ3v) is 3.13. The first-order chi connectivity index (χ1) is 7.44. The minimum atomic E-state index is -3.94. The van der Waals surface area contributed by atoms with Gasteiger partial charge in [0.05, 0.1) is 17.2 Å². The molecular weight excluding hydrogens is 227 g/mol. The van der Waals surface area contributed by atoms with Crippen molar-refractivity contribution in [2.24, 2.45) is 0 Å². The van der Waals surface area contributed by atoms with Crippen molar-refractivity contribution in [2.75, 3.05) is 6.16 Å². The number of nitrogens with zero attached hydrogens (tertiary/aromatic N) is 1. The number of hydrogen-bond acceptors (Lipinski definition) is 2. The van der Waals surface area contributed by atoms with Crippen LogP contribution >= 0.6 is 7.60 Å². The van der Waals surface area contributed by atoms with Crippen molar-refractivity contribution >= 4 is 18.6 Å². The average Bonchev–Trinajstić information content (AvgIpc) is 2.55. The van der Waals surface area contributed by atoms with Crippen molar-refractivity contribution in [3.8, 4) is 0 Å². The Morgan fingerprint density at radius 2 is 2.19 bits per heavy atom. The minimum absolute atomic E-state index is 0.175. The summed E-state index contributed by atoms with van der Waals surface area (Å²) in [4.78, 5) is 24.9. The van der Waals surface area contributed by atoms with E-state index in [1.807, 2.05) is 25.1 Å². The Morgan fingerprint density at radius 1 is 1.44 bits per heavy atom. The lowest BCUT2D eigenvalue weighted by Gasteiger charge is -2.00. The van der Waals surface area contributed by atoms with Crippen LogP contribution in [-0.4, -0.2) is 25.9 Å². The lowest BCUT2D eigenvalue weighted by Crippen LogP contribution is -1.95. The fourth-order valence-corrected chi connectivity index (χ4v) is 2.04. The monoisotopic (exact) mass is 240 g/mol. The molecule has 0 saturated heterocycles. The van der Waals surface area contributed by atoms with E-state index in [0.29, 0.717) is 5.82 Å². The number of aromatic nitrogens is 2. The first-order valence-electron chi connectivity index (χ1n) is 4.94. The van der Waals surface area contributed by atoms with Crippen molar-refractivity contribution in [3.05, 3.63) is 29.6 Å². The molecule has 1 aromatic heterocycles. The van der Waals surface area contributed by atoms with E-state index in [0.717, 1.165) is 16.6 Å². The largest absolute Gasteiger partial charge is 0.342 e. The van der Waals surface area contributed by atoms with E-state index in [1.54, 1.807) is 0 Å². The number of aryl methyl sites for hydroxylation is 2. The van der Waals surface area contributed by atoms with Gasteiger partial charge in [0.1, 0.15) is 5.82 Å². The topological polar surface area (TPSA) is 86.2 Å². The standard InChI is InChI=1S/C10H13N2O3P/c1-7-2-3-8-9(6-7)12-10(11-8)4-5-16(13,14)15/h2-3,6H,4-5H2,1H3,(H,11,12)(H2,13,14,15). The predicted octanol–water partition coefficient (Wildman–Crippen LogP) is 1.59. The number of imidazole rings is 1. The fraction of sp³-hybridized carbons (Fsp3) is 0.300. The van der Waals surface area contributed by atoms with Crippen LogP contribution in [0, 0.1) is 6.92 Å². The summed E-state index contributed by atoms with van der Waals surface area (Å²) in [6.45, 7) is 1.98. The van der Waals surface area contributed by atoms with E-state index < -0.39 is 7.60 Å². The highest BCUT2D eigenvalue weighted by molar-refractivity contribution is 7.51. The number of nitrogens with one attached hydrogen (secondary N) is 1. The lowest BCUT2D eigenvalue weighted by atomic mass is 10.2. The van der Waals surface area contributed by atoms with Crippen LogP contribution < -0.4 is 0 Å². The highest BCUT2D eigenvalue weighted by Gasteiger charge is 2.14. The van der Waals surface area contributed by atoms with E-state index in [1.165, 1.54) is 0 Å². The van der Waals surface area contributed by atoms with Gasteiger partial charge in [-0.25, -0.2) is 4.98 Å². The second kappa shape index (κ2) is 4.01. The molecule has 0 aliphatic heterocycles. The molecule has 3 N–H and O–H groups in total. The molecule has 0 aliphatic rings. The van der Waals surface area contributed by atoms with Crippen molar-refractivity contribution in [1.29, 1.82) is 0 Å². The third-order valence-electron chi connectivity index (χ3n) is 2.33. The molecule has 0 spiro atoms. The van der Waals surface area contributed by atoms with E-state index >= 15 is 0 Å². The summed E-state index contributed by atoms with van der Waals surface area (Å²) >= 11 is 0. The molecule has 0 atom stereocenters. The van der Waals surface area contributed by atoms with Gasteiger partial charge in [0.25, 0.3) is 0 Å². The molecule has 2 aromatic rings. The fourth-order valence-electron chi connectivity index (χ4n) is 1.54. The molecule has 0 fully saturated rings. The molecule has 1 heterocycles. The van der Waals surface area contributed by atoms with Gasteiger partial charge in [0, 0.05) is 6.42 Å². The van der Waals surface area contributed by atoms with Gasteiger partial charge in [-0.1, -0.05) is 6.07 Å². The molecular formula is C10H13N2O3P. The molecule has 0 radical (unpaired) electrons. The van der Waals surface area contributed by atoms with Gasteiger partial charge in [0.15, 0.2) is 0 Å². The number of rotatable bonds is 3. The lowest BCUT2D eigenvalue weighted by molar-refractivity contribution is 0.372. The van der Waals surface area contributed by atoms with E-state index in [-0.39, 0.29) is 12.6 Å². The summed E-state index contributed by atoms with van der Waals surface area (Å²) < 4.78 is 10.7. The summed E-state index contributed by atoms with van der Waals surface area (Å²) in [6, 6.07) is 5.82. The maximum Gasteiger partial charge on any atom is 0.326 e. The highest BCUT2D eigenvalue weighted by Crippen LogP contribution is 2.34. The summed E-state index contributed by atoms with van der Waals surface area (Å²) in [6.07, 6.45) is 0.0871. The first-order valence-corrected chi connectivity index (χ1v) is 6.74. The quantitative estimate of drug-likeness (QED) is 0.711. The highest BCUT2D eigenvalue weighted by atomic mass is 31.2. The molecule has 0 bridgehead atoms. The number of fused-ring (bicyclic) bond motifs is 1. The van der Waals surface area contributed by atoms with Crippen LogP contribution in [-0.2, 0) is 11.0 Å². The molecule has 2 rings (SSSR count). The van der Waals surface area contributed by atoms with E-state index in [2.05, 4.69) is 9.97 Å². The zero-order chi connectivity index (χ0) is 11.8. The van der Waals surface area contributed by atoms with Gasteiger partial charge >= 0.3 is 7.60 Å². The van der Waals surface area contributed by atoms with Gasteiger partial charge in [0.2, 0.25) is 0 Å². The van der Waals surface area contributed by atoms with Crippen LogP contribution in [0.3, 0.4) is 0 Å². The van der Waals surface area contributed by atoms with Crippen LogP contribution in [0.25, 0.3) is 11.0 Å². The summed E-state index contributed by atoms with van der Waals surface area (Å²) in [7, 11) is -3.94. The maximum atomic E-state index is 10.7. The van der Waals surface area contributed by atoms with Gasteiger partial charge in [-0.3, -0.25) is 4.57 Å². The van der Waals surface area contributed by atoms with Crippen LogP contribution in [0.5, 0.6) is 0 Å². The normalized spacial score (nSPS) is 12.2. The zero-order valence-corrected chi connectivity index (χ0v) is 9.74. The summed E-state index contributed by atoms with van der Waals surface area (Å²) in [5, 5.41) is 0. The minimum Gasteiger partial charge on any atom is -0.342 e. The molecule has 16 heavy (non-hydrogen) atoms. The summed E-state index contributed by atoms with van der Waals surface area (Å²) in [5.74, 6) is 0.615. The Hall–Kier alpha value is -1.16. The van der Waals surface area contributed by atoms with Crippen molar-refractivity contribution in [1.82, 2.24) is 9.97 Å². The molecule has 86 valence electrons. The maximum absolute atomic E-state index is 10.7. The third kappa shape index (κ3) is 2.70. The molecule has 0 unspecified atom stereocenters. The van der Waals surface area contributed by atoms with Crippen LogP contribution in [0.1, 0.15) is 11.4 Å². The smallest absolute Gasteiger partial charge is 0.326 e.